The van der Waals surface area contributed by atoms with Gasteiger partial charge >= 0.3 is 0 Å². The van der Waals surface area contributed by atoms with Gasteiger partial charge in [-0.25, -0.2) is 0 Å². The number of fused-ring (bicyclic) bond motifs is 1. The van der Waals surface area contributed by atoms with Crippen LogP contribution in [0.2, 0.25) is 0 Å². The third kappa shape index (κ3) is 1.27. The van der Waals surface area contributed by atoms with Gasteiger partial charge in [0.15, 0.2) is 0 Å². The highest BCUT2D eigenvalue weighted by atomic mass is 35.5. The predicted molar refractivity (Wildman–Crippen MR) is 75.4 cm³/mol. The van der Waals surface area contributed by atoms with Crippen molar-refractivity contribution in [2.75, 3.05) is 5.88 Å². The van der Waals surface area contributed by atoms with Crippen LogP contribution in [0.3, 0.4) is 0 Å². The first-order valence-corrected chi connectivity index (χ1v) is 7.17. The minimum atomic E-state index is 0.514. The summed E-state index contributed by atoms with van der Waals surface area (Å²) in [6.45, 7) is 0. The van der Waals surface area contributed by atoms with Crippen LogP contribution < -0.4 is 0 Å². The van der Waals surface area contributed by atoms with E-state index in [9.17, 15) is 0 Å². The standard InChI is InChI=1S/C17H15Cl/c18-10-11-9-16-12-5-1-3-7-14(12)17(11)15-8-4-2-6-13(15)16/h1-8,11,16-17H,9-10H2/t11-,16?,17?/m0/s1. The van der Waals surface area contributed by atoms with Crippen molar-refractivity contribution in [2.45, 2.75) is 18.3 Å². The summed E-state index contributed by atoms with van der Waals surface area (Å²) >= 11 is 6.21. The molecule has 0 N–H and O–H groups in total. The zero-order valence-corrected chi connectivity index (χ0v) is 10.9. The number of hydrogen-bond donors (Lipinski definition) is 0. The largest absolute Gasteiger partial charge is 0.126 e. The molecule has 0 aromatic heterocycles. The fourth-order valence-corrected chi connectivity index (χ4v) is 4.21. The molecule has 3 aliphatic rings. The molecule has 3 aliphatic carbocycles. The van der Waals surface area contributed by atoms with Crippen LogP contribution in [-0.4, -0.2) is 5.88 Å². The van der Waals surface area contributed by atoms with Gasteiger partial charge in [0, 0.05) is 17.7 Å². The molecule has 0 fully saturated rings. The lowest BCUT2D eigenvalue weighted by atomic mass is 9.60. The molecule has 2 aromatic rings. The fraction of sp³-hybridized carbons (Fsp3) is 0.294. The van der Waals surface area contributed by atoms with E-state index in [4.69, 9.17) is 11.6 Å². The molecule has 0 amide bonds. The average Bonchev–Trinajstić information content (AvgIpc) is 2.47. The van der Waals surface area contributed by atoms with Crippen LogP contribution in [0.4, 0.5) is 0 Å². The zero-order chi connectivity index (χ0) is 12.1. The van der Waals surface area contributed by atoms with Crippen molar-refractivity contribution in [3.05, 3.63) is 70.8 Å². The van der Waals surface area contributed by atoms with Gasteiger partial charge in [-0.3, -0.25) is 0 Å². The Bertz CT molecular complexity index is 555. The molecule has 0 radical (unpaired) electrons. The Balaban J connectivity index is 2.00. The van der Waals surface area contributed by atoms with Crippen LogP contribution in [0.1, 0.15) is 40.5 Å². The molecule has 0 saturated carbocycles. The first-order valence-electron chi connectivity index (χ1n) is 6.63. The van der Waals surface area contributed by atoms with Crippen molar-refractivity contribution in [3.8, 4) is 0 Å². The van der Waals surface area contributed by atoms with Crippen LogP contribution in [0, 0.1) is 5.92 Å². The van der Waals surface area contributed by atoms with E-state index in [0.717, 1.165) is 5.88 Å². The van der Waals surface area contributed by atoms with Gasteiger partial charge in [0.25, 0.3) is 0 Å². The van der Waals surface area contributed by atoms with Crippen LogP contribution in [0.15, 0.2) is 48.5 Å². The van der Waals surface area contributed by atoms with E-state index in [1.54, 1.807) is 0 Å². The lowest BCUT2D eigenvalue weighted by Crippen LogP contribution is -2.32. The normalized spacial score (nSPS) is 27.7. The SMILES string of the molecule is ClC[C@@H]1CC2c3ccccc3C1c1ccccc12. The van der Waals surface area contributed by atoms with Crippen molar-refractivity contribution in [3.63, 3.8) is 0 Å². The van der Waals surface area contributed by atoms with Crippen LogP contribution in [0.25, 0.3) is 0 Å². The summed E-state index contributed by atoms with van der Waals surface area (Å²) in [4.78, 5) is 0. The summed E-state index contributed by atoms with van der Waals surface area (Å²) in [5.41, 5.74) is 6.08. The summed E-state index contributed by atoms with van der Waals surface area (Å²) in [6, 6.07) is 17.8. The van der Waals surface area contributed by atoms with Crippen molar-refractivity contribution in [1.29, 1.82) is 0 Å². The highest BCUT2D eigenvalue weighted by Gasteiger charge is 2.42. The maximum absolute atomic E-state index is 6.21. The van der Waals surface area contributed by atoms with E-state index in [0.29, 0.717) is 17.8 Å². The van der Waals surface area contributed by atoms with E-state index in [1.807, 2.05) is 0 Å². The van der Waals surface area contributed by atoms with Gasteiger partial charge in [-0.15, -0.1) is 11.6 Å². The van der Waals surface area contributed by atoms with E-state index >= 15 is 0 Å². The Morgan fingerprint density at radius 2 is 1.33 bits per heavy atom. The smallest absolute Gasteiger partial charge is 0.0261 e. The fourth-order valence-electron chi connectivity index (χ4n) is 3.91. The number of rotatable bonds is 1. The maximum atomic E-state index is 6.21. The van der Waals surface area contributed by atoms with Gasteiger partial charge in [0.1, 0.15) is 0 Å². The number of halogens is 1. The van der Waals surface area contributed by atoms with Gasteiger partial charge in [0.05, 0.1) is 0 Å². The van der Waals surface area contributed by atoms with Crippen molar-refractivity contribution in [2.24, 2.45) is 5.92 Å². The van der Waals surface area contributed by atoms with Crippen LogP contribution in [-0.2, 0) is 0 Å². The summed E-state index contributed by atoms with van der Waals surface area (Å²) in [6.07, 6.45) is 1.21. The molecule has 5 rings (SSSR count). The molecule has 1 atom stereocenters. The molecule has 0 spiro atoms. The topological polar surface area (TPSA) is 0 Å². The first kappa shape index (κ1) is 10.6. The average molecular weight is 255 g/mol. The van der Waals surface area contributed by atoms with Crippen LogP contribution in [0.5, 0.6) is 0 Å². The third-order valence-electron chi connectivity index (χ3n) is 4.62. The molecule has 0 heterocycles. The molecule has 2 aromatic carbocycles. The van der Waals surface area contributed by atoms with Crippen LogP contribution >= 0.6 is 11.6 Å². The number of hydrogen-bond acceptors (Lipinski definition) is 0. The molecule has 0 aliphatic heterocycles. The summed E-state index contributed by atoms with van der Waals surface area (Å²) in [5, 5.41) is 0. The Morgan fingerprint density at radius 1 is 0.833 bits per heavy atom. The van der Waals surface area contributed by atoms with Crippen molar-refractivity contribution < 1.29 is 0 Å². The molecule has 2 bridgehead atoms. The molecule has 0 saturated heterocycles. The molecule has 18 heavy (non-hydrogen) atoms. The second-order valence-corrected chi connectivity index (χ2v) is 5.75. The second-order valence-electron chi connectivity index (χ2n) is 5.44. The monoisotopic (exact) mass is 254 g/mol. The Labute approximate surface area is 113 Å². The van der Waals surface area contributed by atoms with Gasteiger partial charge in [-0.2, -0.15) is 0 Å². The summed E-state index contributed by atoms with van der Waals surface area (Å²) in [7, 11) is 0. The van der Waals surface area contributed by atoms with Gasteiger partial charge in [0.2, 0.25) is 0 Å². The molecule has 0 unspecified atom stereocenters. The lowest BCUT2D eigenvalue weighted by molar-refractivity contribution is 0.389. The molecular formula is C17H15Cl. The molecule has 90 valence electrons. The van der Waals surface area contributed by atoms with Crippen molar-refractivity contribution in [1.82, 2.24) is 0 Å². The quantitative estimate of drug-likeness (QED) is 0.657. The Kier molecular flexibility index (Phi) is 2.28. The van der Waals surface area contributed by atoms with Gasteiger partial charge in [-0.05, 0) is 34.6 Å². The predicted octanol–water partition coefficient (Wildman–Crippen LogP) is 4.52. The van der Waals surface area contributed by atoms with E-state index < -0.39 is 0 Å². The number of alkyl halides is 1. The minimum absolute atomic E-state index is 0.514. The zero-order valence-electron chi connectivity index (χ0n) is 10.1. The third-order valence-corrected chi connectivity index (χ3v) is 5.02. The lowest BCUT2D eigenvalue weighted by Gasteiger charge is -2.45. The Hall–Kier alpha value is -1.27. The molecule has 0 nitrogen and oxygen atoms in total. The van der Waals surface area contributed by atoms with Gasteiger partial charge < -0.3 is 0 Å². The summed E-state index contributed by atoms with van der Waals surface area (Å²) in [5.74, 6) is 2.44. The highest BCUT2D eigenvalue weighted by molar-refractivity contribution is 6.18. The molecular weight excluding hydrogens is 240 g/mol. The first-order chi connectivity index (χ1) is 8.90. The van der Waals surface area contributed by atoms with E-state index in [2.05, 4.69) is 48.5 Å². The minimum Gasteiger partial charge on any atom is -0.126 e. The summed E-state index contributed by atoms with van der Waals surface area (Å²) < 4.78 is 0. The highest BCUT2D eigenvalue weighted by Crippen LogP contribution is 2.55. The van der Waals surface area contributed by atoms with E-state index in [-0.39, 0.29) is 0 Å². The number of benzene rings is 2. The second kappa shape index (κ2) is 3.86. The Morgan fingerprint density at radius 3 is 1.83 bits per heavy atom. The maximum Gasteiger partial charge on any atom is 0.0261 e. The van der Waals surface area contributed by atoms with E-state index in [1.165, 1.54) is 28.7 Å². The molecule has 1 heteroatoms. The van der Waals surface area contributed by atoms with Gasteiger partial charge in [-0.1, -0.05) is 48.5 Å². The van der Waals surface area contributed by atoms with Crippen molar-refractivity contribution >= 4 is 11.6 Å².